The summed E-state index contributed by atoms with van der Waals surface area (Å²) in [7, 11) is 0. The Morgan fingerprint density at radius 2 is 2.32 bits per heavy atom. The Bertz CT molecular complexity index is 525. The molecule has 1 heterocycles. The molecule has 1 atom stereocenters. The number of halogens is 1. The average Bonchev–Trinajstić information content (AvgIpc) is 2.38. The fourth-order valence-electron chi connectivity index (χ4n) is 2.47. The lowest BCUT2D eigenvalue weighted by atomic mass is 9.97. The van der Waals surface area contributed by atoms with E-state index >= 15 is 0 Å². The summed E-state index contributed by atoms with van der Waals surface area (Å²) in [4.78, 5) is 13.0. The molecule has 1 fully saturated rings. The quantitative estimate of drug-likeness (QED) is 0.904. The minimum atomic E-state index is -0.776. The molecule has 1 aliphatic rings. The smallest absolute Gasteiger partial charge is 0.307 e. The van der Waals surface area contributed by atoms with Crippen LogP contribution < -0.4 is 0 Å². The van der Waals surface area contributed by atoms with Crippen molar-refractivity contribution < 1.29 is 14.3 Å². The van der Waals surface area contributed by atoms with Crippen LogP contribution >= 0.6 is 0 Å². The molecule has 19 heavy (non-hydrogen) atoms. The third-order valence-corrected chi connectivity index (χ3v) is 3.35. The molecule has 100 valence electrons. The van der Waals surface area contributed by atoms with E-state index in [4.69, 9.17) is 10.4 Å². The van der Waals surface area contributed by atoms with Gasteiger partial charge in [-0.3, -0.25) is 9.69 Å². The molecule has 0 aliphatic carbocycles. The van der Waals surface area contributed by atoms with Crippen molar-refractivity contribution in [2.45, 2.75) is 19.4 Å². The van der Waals surface area contributed by atoms with Crippen LogP contribution in [0.2, 0.25) is 0 Å². The van der Waals surface area contributed by atoms with Crippen LogP contribution in [-0.4, -0.2) is 29.1 Å². The standard InChI is InChI=1S/C14H15FN2O2/c15-13-5-10(7-16)4-11(6-13)8-17-3-1-2-12(9-17)14(18)19/h4-6,12H,1-3,8-9H2,(H,18,19). The molecule has 0 amide bonds. The molecule has 1 saturated heterocycles. The van der Waals surface area contributed by atoms with Crippen molar-refractivity contribution in [3.8, 4) is 6.07 Å². The minimum absolute atomic E-state index is 0.293. The van der Waals surface area contributed by atoms with Crippen molar-refractivity contribution >= 4 is 5.97 Å². The maximum Gasteiger partial charge on any atom is 0.307 e. The normalized spacial score (nSPS) is 19.9. The second-order valence-electron chi connectivity index (χ2n) is 4.87. The van der Waals surface area contributed by atoms with Gasteiger partial charge in [0.1, 0.15) is 5.82 Å². The molecule has 0 bridgehead atoms. The van der Waals surface area contributed by atoms with Crippen LogP contribution in [0.3, 0.4) is 0 Å². The summed E-state index contributed by atoms with van der Waals surface area (Å²) in [6.45, 7) is 1.77. The highest BCUT2D eigenvalue weighted by Crippen LogP contribution is 2.19. The number of carboxylic acid groups (broad SMARTS) is 1. The first-order valence-corrected chi connectivity index (χ1v) is 6.23. The lowest BCUT2D eigenvalue weighted by molar-refractivity contribution is -0.143. The highest BCUT2D eigenvalue weighted by molar-refractivity contribution is 5.70. The van der Waals surface area contributed by atoms with E-state index in [0.717, 1.165) is 13.0 Å². The predicted octanol–water partition coefficient (Wildman–Crippen LogP) is 1.99. The van der Waals surface area contributed by atoms with Gasteiger partial charge in [-0.05, 0) is 43.1 Å². The van der Waals surface area contributed by atoms with Gasteiger partial charge in [-0.25, -0.2) is 4.39 Å². The molecule has 2 rings (SSSR count). The van der Waals surface area contributed by atoms with Crippen LogP contribution in [0.25, 0.3) is 0 Å². The first-order chi connectivity index (χ1) is 9.08. The van der Waals surface area contributed by atoms with E-state index in [1.54, 1.807) is 6.07 Å². The Balaban J connectivity index is 2.06. The van der Waals surface area contributed by atoms with Crippen molar-refractivity contribution in [1.82, 2.24) is 4.90 Å². The topological polar surface area (TPSA) is 64.3 Å². The summed E-state index contributed by atoms with van der Waals surface area (Å²) >= 11 is 0. The fraction of sp³-hybridized carbons (Fsp3) is 0.429. The summed E-state index contributed by atoms with van der Waals surface area (Å²) in [6, 6.07) is 6.15. The Morgan fingerprint density at radius 3 is 3.00 bits per heavy atom. The Labute approximate surface area is 111 Å². The number of nitrogens with zero attached hydrogens (tertiary/aromatic N) is 2. The van der Waals surface area contributed by atoms with Gasteiger partial charge in [-0.1, -0.05) is 0 Å². The minimum Gasteiger partial charge on any atom is -0.481 e. The molecular formula is C14H15FN2O2. The molecule has 0 saturated carbocycles. The number of rotatable bonds is 3. The van der Waals surface area contributed by atoms with Crippen molar-refractivity contribution in [2.24, 2.45) is 5.92 Å². The first-order valence-electron chi connectivity index (χ1n) is 6.23. The van der Waals surface area contributed by atoms with Gasteiger partial charge in [0.15, 0.2) is 0 Å². The Kier molecular flexibility index (Phi) is 4.13. The molecule has 0 aromatic heterocycles. The van der Waals surface area contributed by atoms with Crippen LogP contribution in [0.15, 0.2) is 18.2 Å². The average molecular weight is 262 g/mol. The van der Waals surface area contributed by atoms with Gasteiger partial charge in [0, 0.05) is 13.1 Å². The van der Waals surface area contributed by atoms with Crippen molar-refractivity contribution in [3.05, 3.63) is 35.1 Å². The second-order valence-corrected chi connectivity index (χ2v) is 4.87. The monoisotopic (exact) mass is 262 g/mol. The molecule has 1 aromatic rings. The zero-order chi connectivity index (χ0) is 13.8. The van der Waals surface area contributed by atoms with E-state index in [1.807, 2.05) is 11.0 Å². The van der Waals surface area contributed by atoms with Gasteiger partial charge in [-0.15, -0.1) is 0 Å². The number of likely N-dealkylation sites (tertiary alicyclic amines) is 1. The lowest BCUT2D eigenvalue weighted by Crippen LogP contribution is -2.38. The largest absolute Gasteiger partial charge is 0.481 e. The van der Waals surface area contributed by atoms with E-state index < -0.39 is 11.8 Å². The van der Waals surface area contributed by atoms with Crippen LogP contribution in [0.4, 0.5) is 4.39 Å². The number of aliphatic carboxylic acids is 1. The molecule has 1 N–H and O–H groups in total. The van der Waals surface area contributed by atoms with E-state index in [0.29, 0.717) is 30.6 Å². The van der Waals surface area contributed by atoms with Crippen LogP contribution in [-0.2, 0) is 11.3 Å². The summed E-state index contributed by atoms with van der Waals surface area (Å²) < 4.78 is 13.3. The first kappa shape index (κ1) is 13.5. The van der Waals surface area contributed by atoms with Crippen molar-refractivity contribution in [3.63, 3.8) is 0 Å². The number of nitriles is 1. The fourth-order valence-corrected chi connectivity index (χ4v) is 2.47. The molecule has 0 radical (unpaired) electrons. The second kappa shape index (κ2) is 5.81. The van der Waals surface area contributed by atoms with E-state index in [1.165, 1.54) is 12.1 Å². The molecule has 1 unspecified atom stereocenters. The molecule has 5 heteroatoms. The number of carbonyl (C=O) groups is 1. The highest BCUT2D eigenvalue weighted by atomic mass is 19.1. The van der Waals surface area contributed by atoms with Gasteiger partial charge >= 0.3 is 5.97 Å². The molecule has 1 aromatic carbocycles. The van der Waals surface area contributed by atoms with Crippen molar-refractivity contribution in [2.75, 3.05) is 13.1 Å². The predicted molar refractivity (Wildman–Crippen MR) is 66.8 cm³/mol. The molecular weight excluding hydrogens is 247 g/mol. The Morgan fingerprint density at radius 1 is 1.53 bits per heavy atom. The lowest BCUT2D eigenvalue weighted by Gasteiger charge is -2.30. The van der Waals surface area contributed by atoms with Crippen LogP contribution in [0.5, 0.6) is 0 Å². The van der Waals surface area contributed by atoms with Gasteiger partial charge in [0.05, 0.1) is 17.6 Å². The maximum absolute atomic E-state index is 13.3. The summed E-state index contributed by atoms with van der Waals surface area (Å²) in [5, 5.41) is 17.8. The summed E-state index contributed by atoms with van der Waals surface area (Å²) in [5.74, 6) is -1.56. The van der Waals surface area contributed by atoms with Crippen molar-refractivity contribution in [1.29, 1.82) is 5.26 Å². The number of hydrogen-bond acceptors (Lipinski definition) is 3. The number of benzene rings is 1. The third-order valence-electron chi connectivity index (χ3n) is 3.35. The maximum atomic E-state index is 13.3. The van der Waals surface area contributed by atoms with E-state index in [9.17, 15) is 9.18 Å². The van der Waals surface area contributed by atoms with Gasteiger partial charge in [0.25, 0.3) is 0 Å². The van der Waals surface area contributed by atoms with E-state index in [-0.39, 0.29) is 5.92 Å². The van der Waals surface area contributed by atoms with E-state index in [2.05, 4.69) is 0 Å². The third kappa shape index (κ3) is 3.52. The molecule has 0 spiro atoms. The molecule has 4 nitrogen and oxygen atoms in total. The van der Waals surface area contributed by atoms with Gasteiger partial charge < -0.3 is 5.11 Å². The number of piperidine rings is 1. The van der Waals surface area contributed by atoms with Crippen LogP contribution in [0, 0.1) is 23.1 Å². The SMILES string of the molecule is N#Cc1cc(F)cc(CN2CCCC(C(=O)O)C2)c1. The summed E-state index contributed by atoms with van der Waals surface area (Å²) in [6.07, 6.45) is 1.52. The zero-order valence-electron chi connectivity index (χ0n) is 10.5. The number of hydrogen-bond donors (Lipinski definition) is 1. The number of carboxylic acids is 1. The van der Waals surface area contributed by atoms with Gasteiger partial charge in [0.2, 0.25) is 0 Å². The highest BCUT2D eigenvalue weighted by Gasteiger charge is 2.25. The zero-order valence-corrected chi connectivity index (χ0v) is 10.5. The molecule has 1 aliphatic heterocycles. The summed E-state index contributed by atoms with van der Waals surface area (Å²) in [5.41, 5.74) is 1.00. The van der Waals surface area contributed by atoms with Gasteiger partial charge in [-0.2, -0.15) is 5.26 Å². The Hall–Kier alpha value is -1.93. The van der Waals surface area contributed by atoms with Crippen LogP contribution in [0.1, 0.15) is 24.0 Å².